The molecule has 2 aliphatic rings. The molecule has 0 unspecified atom stereocenters. The minimum atomic E-state index is -0.0157. The Bertz CT molecular complexity index is 1340. The third kappa shape index (κ3) is 4.02. The summed E-state index contributed by atoms with van der Waals surface area (Å²) in [5.74, 6) is 0.721. The Morgan fingerprint density at radius 1 is 0.657 bits per heavy atom. The SMILES string of the molecule is CC1(C)c2ccccc2-c2ccc(N(c3ccc(Br)cc3)c3ccc(C4CCCCC4)cc3)cc21. The molecule has 2 heteroatoms. The molecule has 1 saturated carbocycles. The molecule has 176 valence electrons. The van der Waals surface area contributed by atoms with Crippen molar-refractivity contribution in [2.24, 2.45) is 0 Å². The fraction of sp³-hybridized carbons (Fsp3) is 0.273. The van der Waals surface area contributed by atoms with Gasteiger partial charge in [-0.25, -0.2) is 0 Å². The van der Waals surface area contributed by atoms with E-state index in [1.165, 1.54) is 77.0 Å². The van der Waals surface area contributed by atoms with Crippen molar-refractivity contribution in [3.8, 4) is 11.1 Å². The van der Waals surface area contributed by atoms with Crippen molar-refractivity contribution in [3.05, 3.63) is 112 Å². The molecule has 0 N–H and O–H groups in total. The molecule has 0 aliphatic heterocycles. The van der Waals surface area contributed by atoms with Gasteiger partial charge in [-0.1, -0.05) is 91.5 Å². The first-order chi connectivity index (χ1) is 17.0. The van der Waals surface area contributed by atoms with Crippen molar-refractivity contribution in [1.82, 2.24) is 0 Å². The number of hydrogen-bond acceptors (Lipinski definition) is 1. The number of fused-ring (bicyclic) bond motifs is 3. The zero-order chi connectivity index (χ0) is 24.0. The maximum absolute atomic E-state index is 3.61. The van der Waals surface area contributed by atoms with E-state index in [1.54, 1.807) is 0 Å². The van der Waals surface area contributed by atoms with Gasteiger partial charge in [0.2, 0.25) is 0 Å². The van der Waals surface area contributed by atoms with Crippen LogP contribution >= 0.6 is 15.9 Å². The summed E-state index contributed by atoms with van der Waals surface area (Å²) in [6, 6.07) is 33.9. The van der Waals surface area contributed by atoms with E-state index in [0.717, 1.165) is 10.4 Å². The van der Waals surface area contributed by atoms with Crippen LogP contribution in [0.4, 0.5) is 17.1 Å². The Labute approximate surface area is 218 Å². The van der Waals surface area contributed by atoms with E-state index < -0.39 is 0 Å². The van der Waals surface area contributed by atoms with Crippen LogP contribution in [-0.2, 0) is 5.41 Å². The summed E-state index contributed by atoms with van der Waals surface area (Å²) in [6.45, 7) is 4.70. The summed E-state index contributed by atoms with van der Waals surface area (Å²) >= 11 is 3.61. The molecular formula is C33H32BrN. The number of rotatable bonds is 4. The summed E-state index contributed by atoms with van der Waals surface area (Å²) < 4.78 is 1.10. The van der Waals surface area contributed by atoms with E-state index in [4.69, 9.17) is 0 Å². The molecule has 1 fully saturated rings. The fourth-order valence-corrected chi connectivity index (χ4v) is 6.46. The number of halogens is 1. The van der Waals surface area contributed by atoms with Crippen molar-refractivity contribution in [2.75, 3.05) is 4.90 Å². The predicted molar refractivity (Wildman–Crippen MR) is 152 cm³/mol. The highest BCUT2D eigenvalue weighted by molar-refractivity contribution is 9.10. The summed E-state index contributed by atoms with van der Waals surface area (Å²) in [6.07, 6.45) is 6.78. The third-order valence-electron chi connectivity index (χ3n) is 8.14. The van der Waals surface area contributed by atoms with Crippen molar-refractivity contribution >= 4 is 33.0 Å². The Kier molecular flexibility index (Phi) is 5.81. The second-order valence-corrected chi connectivity index (χ2v) is 11.6. The second-order valence-electron chi connectivity index (χ2n) is 10.6. The average Bonchev–Trinajstić information content (AvgIpc) is 3.13. The van der Waals surface area contributed by atoms with Crippen LogP contribution in [0.2, 0.25) is 0 Å². The lowest BCUT2D eigenvalue weighted by atomic mass is 9.82. The first-order valence-corrected chi connectivity index (χ1v) is 13.7. The van der Waals surface area contributed by atoms with E-state index in [-0.39, 0.29) is 5.41 Å². The summed E-state index contributed by atoms with van der Waals surface area (Å²) in [4.78, 5) is 2.40. The Balaban J connectivity index is 1.44. The van der Waals surface area contributed by atoms with Gasteiger partial charge < -0.3 is 4.90 Å². The summed E-state index contributed by atoms with van der Waals surface area (Å²) in [5.41, 5.74) is 10.6. The van der Waals surface area contributed by atoms with E-state index in [2.05, 4.69) is 126 Å². The van der Waals surface area contributed by atoms with Gasteiger partial charge >= 0.3 is 0 Å². The zero-order valence-corrected chi connectivity index (χ0v) is 22.2. The maximum atomic E-state index is 3.61. The third-order valence-corrected chi connectivity index (χ3v) is 8.67. The minimum absolute atomic E-state index is 0.0157. The van der Waals surface area contributed by atoms with Crippen LogP contribution in [0.5, 0.6) is 0 Å². The van der Waals surface area contributed by atoms with Crippen LogP contribution in [0.15, 0.2) is 95.5 Å². The quantitative estimate of drug-likeness (QED) is 0.258. The molecule has 0 spiro atoms. The lowest BCUT2D eigenvalue weighted by Gasteiger charge is -2.29. The molecule has 6 rings (SSSR count). The van der Waals surface area contributed by atoms with Crippen LogP contribution in [0.25, 0.3) is 11.1 Å². The van der Waals surface area contributed by atoms with Gasteiger partial charge in [-0.3, -0.25) is 0 Å². The van der Waals surface area contributed by atoms with Crippen LogP contribution in [0, 0.1) is 0 Å². The largest absolute Gasteiger partial charge is 0.310 e. The van der Waals surface area contributed by atoms with E-state index in [9.17, 15) is 0 Å². The number of hydrogen-bond donors (Lipinski definition) is 0. The van der Waals surface area contributed by atoms with Crippen molar-refractivity contribution in [3.63, 3.8) is 0 Å². The van der Waals surface area contributed by atoms with Crippen molar-refractivity contribution in [2.45, 2.75) is 57.3 Å². The van der Waals surface area contributed by atoms with Gasteiger partial charge in [-0.2, -0.15) is 0 Å². The molecule has 2 aliphatic carbocycles. The van der Waals surface area contributed by atoms with Crippen LogP contribution in [0.1, 0.15) is 68.6 Å². The van der Waals surface area contributed by atoms with E-state index in [0.29, 0.717) is 0 Å². The van der Waals surface area contributed by atoms with E-state index in [1.807, 2.05) is 0 Å². The number of anilines is 3. The molecule has 0 heterocycles. The van der Waals surface area contributed by atoms with Crippen LogP contribution in [0.3, 0.4) is 0 Å². The Morgan fingerprint density at radius 2 is 1.26 bits per heavy atom. The molecule has 0 radical (unpaired) electrons. The molecule has 1 nitrogen and oxygen atoms in total. The monoisotopic (exact) mass is 521 g/mol. The summed E-state index contributed by atoms with van der Waals surface area (Å²) in [5, 5.41) is 0. The zero-order valence-electron chi connectivity index (χ0n) is 20.6. The van der Waals surface area contributed by atoms with Crippen LogP contribution < -0.4 is 4.90 Å². The first kappa shape index (κ1) is 22.6. The molecule has 0 amide bonds. The topological polar surface area (TPSA) is 3.24 Å². The second kappa shape index (κ2) is 8.99. The predicted octanol–water partition coefficient (Wildman–Crippen LogP) is 10.3. The normalized spacial score (nSPS) is 16.5. The molecule has 4 aromatic carbocycles. The van der Waals surface area contributed by atoms with Gasteiger partial charge in [-0.15, -0.1) is 0 Å². The van der Waals surface area contributed by atoms with Gasteiger partial charge in [0, 0.05) is 26.9 Å². The van der Waals surface area contributed by atoms with Crippen LogP contribution in [-0.4, -0.2) is 0 Å². The molecule has 35 heavy (non-hydrogen) atoms. The van der Waals surface area contributed by atoms with Gasteiger partial charge in [-0.05, 0) is 95.1 Å². The molecule has 0 bridgehead atoms. The lowest BCUT2D eigenvalue weighted by Crippen LogP contribution is -2.16. The molecular weight excluding hydrogens is 490 g/mol. The molecule has 0 saturated heterocycles. The standard InChI is InChI=1S/C33H32BrN/c1-33(2)31-11-7-6-10-29(31)30-21-20-28(22-32(30)33)35(27-18-14-25(34)15-19-27)26-16-12-24(13-17-26)23-8-4-3-5-9-23/h6-7,10-23H,3-5,8-9H2,1-2H3. The molecule has 0 atom stereocenters. The van der Waals surface area contributed by atoms with Gasteiger partial charge in [0.1, 0.15) is 0 Å². The molecule has 4 aromatic rings. The van der Waals surface area contributed by atoms with E-state index >= 15 is 0 Å². The lowest BCUT2D eigenvalue weighted by molar-refractivity contribution is 0.443. The van der Waals surface area contributed by atoms with Crippen molar-refractivity contribution < 1.29 is 0 Å². The summed E-state index contributed by atoms with van der Waals surface area (Å²) in [7, 11) is 0. The highest BCUT2D eigenvalue weighted by atomic mass is 79.9. The Morgan fingerprint density at radius 3 is 1.97 bits per heavy atom. The van der Waals surface area contributed by atoms with Gasteiger partial charge in [0.15, 0.2) is 0 Å². The smallest absolute Gasteiger partial charge is 0.0465 e. The Hall–Kier alpha value is -2.84. The number of benzene rings is 4. The maximum Gasteiger partial charge on any atom is 0.0465 e. The fourth-order valence-electron chi connectivity index (χ4n) is 6.20. The van der Waals surface area contributed by atoms with Gasteiger partial charge in [0.25, 0.3) is 0 Å². The highest BCUT2D eigenvalue weighted by Crippen LogP contribution is 2.50. The minimum Gasteiger partial charge on any atom is -0.310 e. The van der Waals surface area contributed by atoms with Gasteiger partial charge in [0.05, 0.1) is 0 Å². The van der Waals surface area contributed by atoms with Crippen molar-refractivity contribution in [1.29, 1.82) is 0 Å². The average molecular weight is 523 g/mol. The number of nitrogens with zero attached hydrogens (tertiary/aromatic N) is 1. The molecule has 0 aromatic heterocycles. The highest BCUT2D eigenvalue weighted by Gasteiger charge is 2.35. The first-order valence-electron chi connectivity index (χ1n) is 12.9.